The van der Waals surface area contributed by atoms with E-state index in [0.29, 0.717) is 6.54 Å². The maximum absolute atomic E-state index is 12.8. The summed E-state index contributed by atoms with van der Waals surface area (Å²) in [6, 6.07) is 3.47. The van der Waals surface area contributed by atoms with E-state index in [1.54, 1.807) is 12.4 Å². The Kier molecular flexibility index (Phi) is 4.31. The molecule has 1 aromatic rings. The topological polar surface area (TPSA) is 62.4 Å². The summed E-state index contributed by atoms with van der Waals surface area (Å²) in [4.78, 5) is 5.80. The number of nitrogens with zero attached hydrogens (tertiary/aromatic N) is 2. The second kappa shape index (κ2) is 5.67. The standard InChI is InChI=1S/C13H18F3N3O/c14-13(15,16)12(20)3-7-19(8-4-12)11(9-17)10-1-5-18-6-2-10/h1-2,5-6,11,20H,3-4,7-9,17H2. The third kappa shape index (κ3) is 2.94. The predicted octanol–water partition coefficient (Wildman–Crippen LogP) is 1.47. The van der Waals surface area contributed by atoms with Gasteiger partial charge in [-0.25, -0.2) is 0 Å². The normalized spacial score (nSPS) is 21.6. The minimum atomic E-state index is -4.58. The summed E-state index contributed by atoms with van der Waals surface area (Å²) in [5.74, 6) is 0. The molecule has 0 aliphatic carbocycles. The van der Waals surface area contributed by atoms with E-state index < -0.39 is 11.8 Å². The molecule has 0 saturated carbocycles. The summed E-state index contributed by atoms with van der Waals surface area (Å²) in [6.45, 7) is 0.648. The number of halogens is 3. The van der Waals surface area contributed by atoms with Gasteiger partial charge < -0.3 is 10.8 Å². The Labute approximate surface area is 115 Å². The van der Waals surface area contributed by atoms with E-state index in [4.69, 9.17) is 5.73 Å². The van der Waals surface area contributed by atoms with Crippen molar-refractivity contribution in [2.75, 3.05) is 19.6 Å². The molecule has 1 aliphatic rings. The zero-order valence-corrected chi connectivity index (χ0v) is 11.0. The van der Waals surface area contributed by atoms with Crippen molar-refractivity contribution in [2.24, 2.45) is 5.73 Å². The highest BCUT2D eigenvalue weighted by Gasteiger charge is 2.54. The van der Waals surface area contributed by atoms with Crippen LogP contribution in [0.3, 0.4) is 0 Å². The first kappa shape index (κ1) is 15.2. The fourth-order valence-electron chi connectivity index (χ4n) is 2.57. The molecular weight excluding hydrogens is 271 g/mol. The first-order valence-corrected chi connectivity index (χ1v) is 6.50. The summed E-state index contributed by atoms with van der Waals surface area (Å²) >= 11 is 0. The van der Waals surface area contributed by atoms with Crippen molar-refractivity contribution in [1.82, 2.24) is 9.88 Å². The molecule has 7 heteroatoms. The van der Waals surface area contributed by atoms with Gasteiger partial charge in [-0.15, -0.1) is 0 Å². The Morgan fingerprint density at radius 2 is 1.85 bits per heavy atom. The first-order chi connectivity index (χ1) is 9.37. The van der Waals surface area contributed by atoms with Gasteiger partial charge in [0.15, 0.2) is 5.60 Å². The third-order valence-corrected chi connectivity index (χ3v) is 3.91. The van der Waals surface area contributed by atoms with E-state index in [-0.39, 0.29) is 32.0 Å². The lowest BCUT2D eigenvalue weighted by molar-refractivity contribution is -0.273. The zero-order valence-electron chi connectivity index (χ0n) is 11.0. The van der Waals surface area contributed by atoms with Crippen LogP contribution in [0, 0.1) is 0 Å². The van der Waals surface area contributed by atoms with Crippen molar-refractivity contribution in [3.63, 3.8) is 0 Å². The number of nitrogens with two attached hydrogens (primary N) is 1. The molecule has 0 aromatic carbocycles. The quantitative estimate of drug-likeness (QED) is 0.884. The summed E-state index contributed by atoms with van der Waals surface area (Å²) < 4.78 is 38.3. The lowest BCUT2D eigenvalue weighted by Crippen LogP contribution is -2.54. The molecule has 1 aliphatic heterocycles. The largest absolute Gasteiger partial charge is 0.417 e. The van der Waals surface area contributed by atoms with Crippen LogP contribution in [0.5, 0.6) is 0 Å². The maximum atomic E-state index is 12.8. The number of hydrogen-bond donors (Lipinski definition) is 2. The number of pyridine rings is 1. The Morgan fingerprint density at radius 1 is 1.30 bits per heavy atom. The number of hydrogen-bond acceptors (Lipinski definition) is 4. The Morgan fingerprint density at radius 3 is 2.30 bits per heavy atom. The Hall–Kier alpha value is -1.18. The van der Waals surface area contributed by atoms with E-state index in [1.165, 1.54) is 0 Å². The molecule has 0 bridgehead atoms. The van der Waals surface area contributed by atoms with Gasteiger partial charge in [0.05, 0.1) is 0 Å². The van der Waals surface area contributed by atoms with Crippen molar-refractivity contribution in [1.29, 1.82) is 0 Å². The van der Waals surface area contributed by atoms with E-state index >= 15 is 0 Å². The van der Waals surface area contributed by atoms with Crippen LogP contribution in [-0.4, -0.2) is 46.4 Å². The van der Waals surface area contributed by atoms with Gasteiger partial charge in [0.25, 0.3) is 0 Å². The molecule has 2 rings (SSSR count). The minimum absolute atomic E-state index is 0.143. The molecule has 2 heterocycles. The van der Waals surface area contributed by atoms with Crippen LogP contribution in [0.4, 0.5) is 13.2 Å². The van der Waals surface area contributed by atoms with Gasteiger partial charge in [-0.05, 0) is 30.5 Å². The molecule has 3 N–H and O–H groups in total. The number of rotatable bonds is 3. The molecule has 0 spiro atoms. The van der Waals surface area contributed by atoms with Crippen LogP contribution in [0.2, 0.25) is 0 Å². The van der Waals surface area contributed by atoms with Crippen molar-refractivity contribution < 1.29 is 18.3 Å². The van der Waals surface area contributed by atoms with Gasteiger partial charge in [-0.2, -0.15) is 13.2 Å². The highest BCUT2D eigenvalue weighted by Crippen LogP contribution is 2.39. The third-order valence-electron chi connectivity index (χ3n) is 3.91. The van der Waals surface area contributed by atoms with E-state index in [0.717, 1.165) is 5.56 Å². The number of likely N-dealkylation sites (tertiary alicyclic amines) is 1. The van der Waals surface area contributed by atoms with Gasteiger partial charge in [-0.3, -0.25) is 9.88 Å². The highest BCUT2D eigenvalue weighted by atomic mass is 19.4. The van der Waals surface area contributed by atoms with Crippen molar-refractivity contribution >= 4 is 0 Å². The van der Waals surface area contributed by atoms with Crippen molar-refractivity contribution in [2.45, 2.75) is 30.7 Å². The van der Waals surface area contributed by atoms with Gasteiger partial charge in [0.1, 0.15) is 0 Å². The molecule has 20 heavy (non-hydrogen) atoms. The van der Waals surface area contributed by atoms with Gasteiger partial charge >= 0.3 is 6.18 Å². The lowest BCUT2D eigenvalue weighted by atomic mass is 9.89. The molecule has 1 fully saturated rings. The van der Waals surface area contributed by atoms with Crippen LogP contribution in [-0.2, 0) is 0 Å². The molecule has 4 nitrogen and oxygen atoms in total. The Balaban J connectivity index is 2.06. The second-order valence-corrected chi connectivity index (χ2v) is 5.10. The molecule has 0 radical (unpaired) electrons. The van der Waals surface area contributed by atoms with Gasteiger partial charge in [-0.1, -0.05) is 0 Å². The second-order valence-electron chi connectivity index (χ2n) is 5.10. The number of aliphatic hydroxyl groups is 1. The van der Waals surface area contributed by atoms with Crippen molar-refractivity contribution in [3.05, 3.63) is 30.1 Å². The molecule has 1 saturated heterocycles. The SMILES string of the molecule is NCC(c1ccncc1)N1CCC(O)(C(F)(F)F)CC1. The Bertz CT molecular complexity index is 430. The van der Waals surface area contributed by atoms with Crippen LogP contribution >= 0.6 is 0 Å². The maximum Gasteiger partial charge on any atom is 0.417 e. The smallest absolute Gasteiger partial charge is 0.380 e. The molecule has 0 amide bonds. The summed E-state index contributed by atoms with van der Waals surface area (Å²) in [7, 11) is 0. The molecule has 1 atom stereocenters. The van der Waals surface area contributed by atoms with E-state index in [1.807, 2.05) is 17.0 Å². The monoisotopic (exact) mass is 289 g/mol. The van der Waals surface area contributed by atoms with Crippen LogP contribution in [0.25, 0.3) is 0 Å². The van der Waals surface area contributed by atoms with Crippen LogP contribution in [0.15, 0.2) is 24.5 Å². The fraction of sp³-hybridized carbons (Fsp3) is 0.615. The van der Waals surface area contributed by atoms with Gasteiger partial charge in [0, 0.05) is 38.1 Å². The van der Waals surface area contributed by atoms with Crippen molar-refractivity contribution in [3.8, 4) is 0 Å². The van der Waals surface area contributed by atoms with E-state index in [9.17, 15) is 18.3 Å². The summed E-state index contributed by atoms with van der Waals surface area (Å²) in [6.07, 6.45) is -1.95. The molecular formula is C13H18F3N3O. The minimum Gasteiger partial charge on any atom is -0.380 e. The summed E-state index contributed by atoms with van der Waals surface area (Å²) in [5.41, 5.74) is 4.10. The highest BCUT2D eigenvalue weighted by molar-refractivity contribution is 5.16. The van der Waals surface area contributed by atoms with Crippen LogP contribution in [0.1, 0.15) is 24.4 Å². The average molecular weight is 289 g/mol. The average Bonchev–Trinajstić information content (AvgIpc) is 2.42. The summed E-state index contributed by atoms with van der Waals surface area (Å²) in [5, 5.41) is 9.66. The van der Waals surface area contributed by atoms with Gasteiger partial charge in [0.2, 0.25) is 0 Å². The number of alkyl halides is 3. The lowest BCUT2D eigenvalue weighted by Gasteiger charge is -2.42. The fourth-order valence-corrected chi connectivity index (χ4v) is 2.57. The zero-order chi connectivity index (χ0) is 14.8. The van der Waals surface area contributed by atoms with Crippen LogP contribution < -0.4 is 5.73 Å². The molecule has 1 aromatic heterocycles. The predicted molar refractivity (Wildman–Crippen MR) is 67.8 cm³/mol. The molecule has 112 valence electrons. The molecule has 1 unspecified atom stereocenters. The van der Waals surface area contributed by atoms with E-state index in [2.05, 4.69) is 4.98 Å². The first-order valence-electron chi connectivity index (χ1n) is 6.50. The number of aromatic nitrogens is 1. The number of piperidine rings is 1.